The van der Waals surface area contributed by atoms with Crippen molar-refractivity contribution in [2.45, 2.75) is 12.1 Å². The number of hydrogen-bond donors (Lipinski definition) is 1. The van der Waals surface area contributed by atoms with Crippen molar-refractivity contribution in [2.24, 2.45) is 0 Å². The molecule has 5 nitrogen and oxygen atoms in total. The topological polar surface area (TPSA) is 50.8 Å². The van der Waals surface area contributed by atoms with Crippen molar-refractivity contribution in [1.29, 1.82) is 0 Å². The van der Waals surface area contributed by atoms with Gasteiger partial charge in [-0.2, -0.15) is 0 Å². The van der Waals surface area contributed by atoms with Crippen molar-refractivity contribution in [3.63, 3.8) is 0 Å². The van der Waals surface area contributed by atoms with Crippen LogP contribution in [0.5, 0.6) is 0 Å². The van der Waals surface area contributed by atoms with Gasteiger partial charge in [0.15, 0.2) is 0 Å². The summed E-state index contributed by atoms with van der Waals surface area (Å²) in [6.45, 7) is 2.80. The molecule has 0 radical (unpaired) electrons. The number of carbonyl (C=O) groups is 1. The molecule has 2 aliphatic rings. The minimum absolute atomic E-state index is 0.102. The molecule has 1 N–H and O–H groups in total. The van der Waals surface area contributed by atoms with E-state index >= 15 is 0 Å². The summed E-state index contributed by atoms with van der Waals surface area (Å²) in [6.07, 6.45) is -0.110. The van der Waals surface area contributed by atoms with Crippen LogP contribution in [0.25, 0.3) is 0 Å². The van der Waals surface area contributed by atoms with Crippen molar-refractivity contribution >= 4 is 6.09 Å². The Labute approximate surface area is 77.0 Å². The van der Waals surface area contributed by atoms with Crippen LogP contribution in [0.15, 0.2) is 0 Å². The first-order valence-electron chi connectivity index (χ1n) is 4.50. The van der Waals surface area contributed by atoms with E-state index in [1.54, 1.807) is 12.0 Å². The van der Waals surface area contributed by atoms with Crippen LogP contribution < -0.4 is 5.32 Å². The van der Waals surface area contributed by atoms with Crippen molar-refractivity contribution in [2.75, 3.05) is 33.4 Å². The molecule has 2 aliphatic heterocycles. The summed E-state index contributed by atoms with van der Waals surface area (Å²) in [5, 5.41) is 3.20. The molecule has 2 rings (SSSR count). The molecule has 2 fully saturated rings. The smallest absolute Gasteiger partial charge is 0.410 e. The minimum atomic E-state index is -0.212. The molecule has 2 unspecified atom stereocenters. The Morgan fingerprint density at radius 3 is 3.08 bits per heavy atom. The maximum Gasteiger partial charge on any atom is 0.410 e. The third-order valence-electron chi connectivity index (χ3n) is 2.62. The first-order valence-corrected chi connectivity index (χ1v) is 4.50. The molecule has 2 atom stereocenters. The number of carbonyl (C=O) groups excluding carboxylic acids is 1. The molecular formula is C8H14N2O3. The summed E-state index contributed by atoms with van der Waals surface area (Å²) in [5.74, 6) is 0. The predicted octanol–water partition coefficient (Wildman–Crippen LogP) is -0.575. The average Bonchev–Trinajstić information content (AvgIpc) is 2.71. The van der Waals surface area contributed by atoms with Gasteiger partial charge in [0.25, 0.3) is 0 Å². The van der Waals surface area contributed by atoms with Crippen molar-refractivity contribution < 1.29 is 14.3 Å². The van der Waals surface area contributed by atoms with E-state index < -0.39 is 0 Å². The molecule has 0 saturated carbocycles. The fourth-order valence-corrected chi connectivity index (χ4v) is 1.90. The first kappa shape index (κ1) is 8.77. The summed E-state index contributed by atoms with van der Waals surface area (Å²) in [6, 6.07) is 0.139. The predicted molar refractivity (Wildman–Crippen MR) is 45.5 cm³/mol. The maximum absolute atomic E-state index is 11.2. The normalized spacial score (nSPS) is 33.9. The number of ether oxygens (including phenoxy) is 2. The van der Waals surface area contributed by atoms with Crippen LogP contribution in [-0.2, 0) is 9.47 Å². The van der Waals surface area contributed by atoms with E-state index in [0.29, 0.717) is 13.2 Å². The van der Waals surface area contributed by atoms with Crippen molar-refractivity contribution in [3.05, 3.63) is 0 Å². The molecule has 13 heavy (non-hydrogen) atoms. The Morgan fingerprint density at radius 1 is 1.62 bits per heavy atom. The number of amides is 1. The Hall–Kier alpha value is -0.810. The van der Waals surface area contributed by atoms with Gasteiger partial charge in [-0.05, 0) is 0 Å². The molecule has 0 spiro atoms. The second-order valence-corrected chi connectivity index (χ2v) is 3.31. The van der Waals surface area contributed by atoms with Crippen LogP contribution in [0, 0.1) is 0 Å². The lowest BCUT2D eigenvalue weighted by Gasteiger charge is -2.25. The number of rotatable bonds is 2. The van der Waals surface area contributed by atoms with Crippen molar-refractivity contribution in [1.82, 2.24) is 10.2 Å². The highest BCUT2D eigenvalue weighted by Crippen LogP contribution is 2.16. The maximum atomic E-state index is 11.2. The van der Waals surface area contributed by atoms with E-state index in [9.17, 15) is 4.79 Å². The van der Waals surface area contributed by atoms with Gasteiger partial charge in [-0.3, -0.25) is 4.90 Å². The van der Waals surface area contributed by atoms with Gasteiger partial charge in [0.1, 0.15) is 6.61 Å². The van der Waals surface area contributed by atoms with Crippen molar-refractivity contribution in [3.8, 4) is 0 Å². The second kappa shape index (κ2) is 3.51. The zero-order chi connectivity index (χ0) is 9.26. The van der Waals surface area contributed by atoms with Crippen LogP contribution in [0.2, 0.25) is 0 Å². The largest absolute Gasteiger partial charge is 0.448 e. The van der Waals surface area contributed by atoms with E-state index in [1.807, 2.05) is 0 Å². The molecular weight excluding hydrogens is 172 g/mol. The molecule has 2 heterocycles. The standard InChI is InChI=1S/C8H14N2O3/c1-12-7-5-9-4-6(7)10-2-3-13-8(10)11/h6-7,9H,2-5H2,1H3. The van der Waals surface area contributed by atoms with Gasteiger partial charge >= 0.3 is 6.09 Å². The molecule has 0 aromatic rings. The number of cyclic esters (lactones) is 1. The fourth-order valence-electron chi connectivity index (χ4n) is 1.90. The number of hydrogen-bond acceptors (Lipinski definition) is 4. The van der Waals surface area contributed by atoms with Gasteiger partial charge < -0.3 is 14.8 Å². The summed E-state index contributed by atoms with van der Waals surface area (Å²) in [5.41, 5.74) is 0. The summed E-state index contributed by atoms with van der Waals surface area (Å²) < 4.78 is 10.1. The molecule has 5 heteroatoms. The van der Waals surface area contributed by atoms with Gasteiger partial charge in [-0.15, -0.1) is 0 Å². The zero-order valence-corrected chi connectivity index (χ0v) is 7.66. The highest BCUT2D eigenvalue weighted by molar-refractivity contribution is 5.70. The van der Waals surface area contributed by atoms with Crippen LogP contribution in [0.3, 0.4) is 0 Å². The Kier molecular flexibility index (Phi) is 2.37. The van der Waals surface area contributed by atoms with Crippen LogP contribution in [0.1, 0.15) is 0 Å². The third kappa shape index (κ3) is 1.49. The average molecular weight is 186 g/mol. The molecule has 0 aromatic carbocycles. The Balaban J connectivity index is 2.02. The van der Waals surface area contributed by atoms with E-state index in [2.05, 4.69) is 5.32 Å². The number of nitrogens with zero attached hydrogens (tertiary/aromatic N) is 1. The number of nitrogens with one attached hydrogen (secondary N) is 1. The molecule has 2 saturated heterocycles. The summed E-state index contributed by atoms with van der Waals surface area (Å²) >= 11 is 0. The van der Waals surface area contributed by atoms with Gasteiger partial charge in [0, 0.05) is 20.2 Å². The van der Waals surface area contributed by atoms with E-state index in [-0.39, 0.29) is 18.2 Å². The number of methoxy groups -OCH3 is 1. The molecule has 0 bridgehead atoms. The molecule has 0 aromatic heterocycles. The quantitative estimate of drug-likeness (QED) is 0.627. The van der Waals surface area contributed by atoms with Gasteiger partial charge in [0.05, 0.1) is 18.7 Å². The van der Waals surface area contributed by atoms with E-state index in [1.165, 1.54) is 0 Å². The van der Waals surface area contributed by atoms with Gasteiger partial charge in [-0.25, -0.2) is 4.79 Å². The Morgan fingerprint density at radius 2 is 2.46 bits per heavy atom. The fraction of sp³-hybridized carbons (Fsp3) is 0.875. The monoisotopic (exact) mass is 186 g/mol. The Bertz CT molecular complexity index is 210. The SMILES string of the molecule is COC1CNCC1N1CCOC1=O. The third-order valence-corrected chi connectivity index (χ3v) is 2.62. The summed E-state index contributed by atoms with van der Waals surface area (Å²) in [4.78, 5) is 13.0. The summed E-state index contributed by atoms with van der Waals surface area (Å²) in [7, 11) is 1.67. The van der Waals surface area contributed by atoms with Crippen LogP contribution >= 0.6 is 0 Å². The van der Waals surface area contributed by atoms with Crippen LogP contribution in [-0.4, -0.2) is 56.5 Å². The van der Waals surface area contributed by atoms with E-state index in [4.69, 9.17) is 9.47 Å². The molecule has 74 valence electrons. The zero-order valence-electron chi connectivity index (χ0n) is 7.66. The lowest BCUT2D eigenvalue weighted by atomic mass is 10.2. The highest BCUT2D eigenvalue weighted by Gasteiger charge is 2.37. The van der Waals surface area contributed by atoms with Gasteiger partial charge in [-0.1, -0.05) is 0 Å². The van der Waals surface area contributed by atoms with Crippen LogP contribution in [0.4, 0.5) is 4.79 Å². The lowest BCUT2D eigenvalue weighted by molar-refractivity contribution is 0.0597. The van der Waals surface area contributed by atoms with Gasteiger partial charge in [0.2, 0.25) is 0 Å². The second-order valence-electron chi connectivity index (χ2n) is 3.31. The highest BCUT2D eigenvalue weighted by atomic mass is 16.6. The first-order chi connectivity index (χ1) is 6.33. The molecule has 1 amide bonds. The lowest BCUT2D eigenvalue weighted by Crippen LogP contribution is -2.44. The molecule has 0 aliphatic carbocycles. The minimum Gasteiger partial charge on any atom is -0.448 e. The van der Waals surface area contributed by atoms with E-state index in [0.717, 1.165) is 13.1 Å².